The fraction of sp³-hybridized carbons (Fsp3) is 1.00. The van der Waals surface area contributed by atoms with Gasteiger partial charge < -0.3 is 10.2 Å². The van der Waals surface area contributed by atoms with Gasteiger partial charge in [-0.2, -0.15) is 0 Å². The Labute approximate surface area is 133 Å². The average molecular weight is 295 g/mol. The third kappa shape index (κ3) is 5.56. The second kappa shape index (κ2) is 7.97. The quantitative estimate of drug-likeness (QED) is 0.575. The van der Waals surface area contributed by atoms with E-state index in [0.717, 1.165) is 0 Å². The zero-order chi connectivity index (χ0) is 15.2. The van der Waals surface area contributed by atoms with Crippen molar-refractivity contribution in [1.82, 2.24) is 10.2 Å². The molecule has 1 saturated carbocycles. The minimum absolute atomic E-state index is 0.563. The highest BCUT2D eigenvalue weighted by molar-refractivity contribution is 4.89. The molecule has 0 aromatic rings. The summed E-state index contributed by atoms with van der Waals surface area (Å²) in [5, 5.41) is 3.75. The molecule has 0 aromatic heterocycles. The normalized spacial score (nSPS) is 26.4. The molecule has 2 fully saturated rings. The van der Waals surface area contributed by atoms with E-state index in [4.69, 9.17) is 0 Å². The van der Waals surface area contributed by atoms with Gasteiger partial charge in [0.15, 0.2) is 0 Å². The maximum atomic E-state index is 3.75. The Balaban J connectivity index is 1.91. The van der Waals surface area contributed by atoms with E-state index in [9.17, 15) is 0 Å². The smallest absolute Gasteiger partial charge is 0.00501 e. The van der Waals surface area contributed by atoms with Crippen LogP contribution in [0.3, 0.4) is 0 Å². The van der Waals surface area contributed by atoms with Gasteiger partial charge in [-0.3, -0.25) is 0 Å². The Morgan fingerprint density at radius 1 is 0.905 bits per heavy atom. The van der Waals surface area contributed by atoms with Gasteiger partial charge in [0.1, 0.15) is 0 Å². The summed E-state index contributed by atoms with van der Waals surface area (Å²) in [5.41, 5.74) is 1.14. The van der Waals surface area contributed by atoms with Gasteiger partial charge in [0, 0.05) is 13.1 Å². The van der Waals surface area contributed by atoms with Gasteiger partial charge in [0.2, 0.25) is 0 Å². The number of piperidine rings is 1. The molecule has 1 heterocycles. The number of nitrogens with one attached hydrogen (secondary N) is 1. The van der Waals surface area contributed by atoms with Gasteiger partial charge in [-0.15, -0.1) is 0 Å². The summed E-state index contributed by atoms with van der Waals surface area (Å²) in [6, 6.07) is 0. The van der Waals surface area contributed by atoms with Crippen LogP contribution >= 0.6 is 0 Å². The van der Waals surface area contributed by atoms with E-state index in [1.807, 2.05) is 0 Å². The third-order valence-corrected chi connectivity index (χ3v) is 5.86. The van der Waals surface area contributed by atoms with Crippen LogP contribution < -0.4 is 5.32 Å². The molecule has 0 spiro atoms. The van der Waals surface area contributed by atoms with Crippen LogP contribution in [0, 0.1) is 10.8 Å². The van der Waals surface area contributed by atoms with Gasteiger partial charge in [0.05, 0.1) is 0 Å². The number of nitrogens with zero attached hydrogens (tertiary/aromatic N) is 1. The van der Waals surface area contributed by atoms with Gasteiger partial charge in [-0.25, -0.2) is 0 Å². The van der Waals surface area contributed by atoms with E-state index in [-0.39, 0.29) is 0 Å². The minimum atomic E-state index is 0.563. The lowest BCUT2D eigenvalue weighted by atomic mass is 9.77. The van der Waals surface area contributed by atoms with Crippen molar-refractivity contribution in [1.29, 1.82) is 0 Å². The van der Waals surface area contributed by atoms with E-state index >= 15 is 0 Å². The second-order valence-electron chi connectivity index (χ2n) is 8.53. The molecule has 1 saturated heterocycles. The van der Waals surface area contributed by atoms with Crippen molar-refractivity contribution in [3.8, 4) is 0 Å². The number of hydrogen-bond acceptors (Lipinski definition) is 2. The molecule has 21 heavy (non-hydrogen) atoms. The van der Waals surface area contributed by atoms with Crippen molar-refractivity contribution in [2.75, 3.05) is 32.7 Å². The highest BCUT2D eigenvalue weighted by atomic mass is 15.1. The predicted octanol–water partition coefficient (Wildman–Crippen LogP) is 4.45. The van der Waals surface area contributed by atoms with Crippen LogP contribution in [0.5, 0.6) is 0 Å². The average Bonchev–Trinajstić information content (AvgIpc) is 2.68. The summed E-state index contributed by atoms with van der Waals surface area (Å²) in [4.78, 5) is 2.78. The van der Waals surface area contributed by atoms with Gasteiger partial charge in [-0.1, -0.05) is 46.5 Å². The van der Waals surface area contributed by atoms with Crippen molar-refractivity contribution in [2.24, 2.45) is 10.8 Å². The van der Waals surface area contributed by atoms with Crippen molar-refractivity contribution >= 4 is 0 Å². The van der Waals surface area contributed by atoms with Crippen LogP contribution in [0.25, 0.3) is 0 Å². The number of hydrogen-bond donors (Lipinski definition) is 1. The highest BCUT2D eigenvalue weighted by Gasteiger charge is 2.34. The molecule has 2 nitrogen and oxygen atoms in total. The molecule has 2 heteroatoms. The molecule has 2 aliphatic rings. The molecule has 1 aliphatic carbocycles. The minimum Gasteiger partial charge on any atom is -0.316 e. The van der Waals surface area contributed by atoms with E-state index < -0.39 is 0 Å². The van der Waals surface area contributed by atoms with Crippen LogP contribution in [-0.2, 0) is 0 Å². The molecule has 1 aliphatic heterocycles. The maximum absolute atomic E-state index is 3.75. The Morgan fingerprint density at radius 3 is 2.10 bits per heavy atom. The molecule has 0 atom stereocenters. The lowest BCUT2D eigenvalue weighted by Gasteiger charge is -2.43. The van der Waals surface area contributed by atoms with Crippen molar-refractivity contribution < 1.29 is 0 Å². The summed E-state index contributed by atoms with van der Waals surface area (Å²) in [6.45, 7) is 13.6. The number of likely N-dealkylation sites (tertiary alicyclic amines) is 1. The van der Waals surface area contributed by atoms with E-state index in [1.165, 1.54) is 90.5 Å². The molecule has 0 amide bonds. The van der Waals surface area contributed by atoms with Crippen LogP contribution in [-0.4, -0.2) is 37.6 Å². The first-order valence-corrected chi connectivity index (χ1v) is 9.48. The molecule has 124 valence electrons. The first-order valence-electron chi connectivity index (χ1n) is 9.48. The Hall–Kier alpha value is -0.0800. The van der Waals surface area contributed by atoms with Crippen LogP contribution in [0.2, 0.25) is 0 Å². The van der Waals surface area contributed by atoms with E-state index in [0.29, 0.717) is 10.8 Å². The van der Waals surface area contributed by atoms with Gasteiger partial charge in [0.25, 0.3) is 0 Å². The Bertz CT molecular complexity index is 280. The standard InChI is InChI=1S/C19H38N2/c1-4-13-20-16-19(9-7-5-6-8-10-19)17-21-14-11-18(2,3)12-15-21/h20H,4-17H2,1-3H3. The number of rotatable bonds is 6. The fourth-order valence-corrected chi connectivity index (χ4v) is 4.19. The Kier molecular flexibility index (Phi) is 6.55. The van der Waals surface area contributed by atoms with Crippen molar-refractivity contribution in [2.45, 2.75) is 78.6 Å². The van der Waals surface area contributed by atoms with Crippen LogP contribution in [0.1, 0.15) is 78.6 Å². The first kappa shape index (κ1) is 17.3. The topological polar surface area (TPSA) is 15.3 Å². The third-order valence-electron chi connectivity index (χ3n) is 5.86. The monoisotopic (exact) mass is 294 g/mol. The van der Waals surface area contributed by atoms with E-state index in [2.05, 4.69) is 31.0 Å². The SMILES string of the molecule is CCCNCC1(CN2CCC(C)(C)CC2)CCCCCC1. The molecule has 0 radical (unpaired) electrons. The molecular formula is C19H38N2. The largest absolute Gasteiger partial charge is 0.316 e. The molecule has 0 bridgehead atoms. The predicted molar refractivity (Wildman–Crippen MR) is 92.8 cm³/mol. The molecule has 0 aromatic carbocycles. The van der Waals surface area contributed by atoms with E-state index in [1.54, 1.807) is 0 Å². The highest BCUT2D eigenvalue weighted by Crippen LogP contribution is 2.37. The van der Waals surface area contributed by atoms with Gasteiger partial charge >= 0.3 is 0 Å². The summed E-state index contributed by atoms with van der Waals surface area (Å²) in [5.74, 6) is 0. The maximum Gasteiger partial charge on any atom is 0.00501 e. The summed E-state index contributed by atoms with van der Waals surface area (Å²) in [7, 11) is 0. The summed E-state index contributed by atoms with van der Waals surface area (Å²) >= 11 is 0. The zero-order valence-corrected chi connectivity index (χ0v) is 14.8. The lowest BCUT2D eigenvalue weighted by Crippen LogP contribution is -2.47. The fourth-order valence-electron chi connectivity index (χ4n) is 4.19. The molecular weight excluding hydrogens is 256 g/mol. The van der Waals surface area contributed by atoms with Gasteiger partial charge in [-0.05, 0) is 62.6 Å². The second-order valence-corrected chi connectivity index (χ2v) is 8.53. The van der Waals surface area contributed by atoms with Crippen LogP contribution in [0.15, 0.2) is 0 Å². The zero-order valence-electron chi connectivity index (χ0n) is 14.8. The summed E-state index contributed by atoms with van der Waals surface area (Å²) < 4.78 is 0. The Morgan fingerprint density at radius 2 is 1.52 bits per heavy atom. The first-order chi connectivity index (χ1) is 10.1. The summed E-state index contributed by atoms with van der Waals surface area (Å²) in [6.07, 6.45) is 12.7. The molecule has 0 unspecified atom stereocenters. The molecule has 1 N–H and O–H groups in total. The van der Waals surface area contributed by atoms with Crippen molar-refractivity contribution in [3.63, 3.8) is 0 Å². The van der Waals surface area contributed by atoms with Crippen molar-refractivity contribution in [3.05, 3.63) is 0 Å². The van der Waals surface area contributed by atoms with Crippen LogP contribution in [0.4, 0.5) is 0 Å². The lowest BCUT2D eigenvalue weighted by molar-refractivity contribution is 0.0722. The molecule has 2 rings (SSSR count).